The van der Waals surface area contributed by atoms with Crippen molar-refractivity contribution in [3.8, 4) is 17.5 Å². The number of anilines is 1. The number of rotatable bonds is 5. The zero-order valence-corrected chi connectivity index (χ0v) is 20.1. The largest absolute Gasteiger partial charge is 0.492 e. The molecule has 0 amide bonds. The molecular weight excluding hydrogens is 489 g/mol. The van der Waals surface area contributed by atoms with E-state index in [9.17, 15) is 9.50 Å². The first-order valence-corrected chi connectivity index (χ1v) is 12.4. The number of furan rings is 1. The van der Waals surface area contributed by atoms with Crippen LogP contribution in [0.25, 0.3) is 16.5 Å². The maximum absolute atomic E-state index is 14.3. The molecule has 0 radical (unpaired) electrons. The Labute approximate surface area is 209 Å². The minimum atomic E-state index is -0.226. The Bertz CT molecular complexity index is 1460. The van der Waals surface area contributed by atoms with Gasteiger partial charge >= 0.3 is 0 Å². The highest BCUT2D eigenvalue weighted by Crippen LogP contribution is 2.41. The first-order valence-electron chi connectivity index (χ1n) is 11.2. The average molecular weight is 510 g/mol. The predicted octanol–water partition coefficient (Wildman–Crippen LogP) is 5.46. The number of hydrogen-bond donors (Lipinski definition) is 1. The van der Waals surface area contributed by atoms with Crippen LogP contribution in [0.4, 0.5) is 10.1 Å². The molecule has 10 heteroatoms. The first kappa shape index (κ1) is 22.1. The highest BCUT2D eigenvalue weighted by molar-refractivity contribution is 7.17. The highest BCUT2D eigenvalue weighted by Gasteiger charge is 2.32. The van der Waals surface area contributed by atoms with Crippen molar-refractivity contribution in [1.82, 2.24) is 19.5 Å². The summed E-state index contributed by atoms with van der Waals surface area (Å²) in [6, 6.07) is 17.8. The Hall–Kier alpha value is -3.40. The fraction of sp³-hybridized carbons (Fsp3) is 0.200. The van der Waals surface area contributed by atoms with E-state index in [-0.39, 0.29) is 17.7 Å². The second-order valence-corrected chi connectivity index (χ2v) is 9.77. The molecule has 35 heavy (non-hydrogen) atoms. The number of aromatic hydroxyl groups is 1. The minimum Gasteiger partial charge on any atom is -0.492 e. The summed E-state index contributed by atoms with van der Waals surface area (Å²) in [6.45, 7) is 2.70. The van der Waals surface area contributed by atoms with E-state index in [0.29, 0.717) is 53.4 Å². The molecule has 4 heterocycles. The van der Waals surface area contributed by atoms with E-state index < -0.39 is 0 Å². The molecule has 0 aliphatic carbocycles. The normalized spacial score (nSPS) is 15.7. The van der Waals surface area contributed by atoms with Crippen LogP contribution in [0.2, 0.25) is 5.02 Å². The summed E-state index contributed by atoms with van der Waals surface area (Å²) in [5.74, 6) is 0.794. The van der Waals surface area contributed by atoms with Crippen LogP contribution in [0.1, 0.15) is 16.5 Å². The van der Waals surface area contributed by atoms with Crippen molar-refractivity contribution < 1.29 is 13.9 Å². The van der Waals surface area contributed by atoms with Gasteiger partial charge in [-0.3, -0.25) is 4.90 Å². The lowest BCUT2D eigenvalue weighted by Crippen LogP contribution is -2.48. The van der Waals surface area contributed by atoms with Crippen molar-refractivity contribution in [2.45, 2.75) is 6.04 Å². The fourth-order valence-corrected chi connectivity index (χ4v) is 5.78. The fourth-order valence-electron chi connectivity index (χ4n) is 4.54. The summed E-state index contributed by atoms with van der Waals surface area (Å²) in [6.07, 6.45) is 1.56. The van der Waals surface area contributed by atoms with Crippen molar-refractivity contribution in [2.75, 3.05) is 31.1 Å². The van der Waals surface area contributed by atoms with E-state index in [1.807, 2.05) is 36.4 Å². The van der Waals surface area contributed by atoms with Crippen molar-refractivity contribution in [2.24, 2.45) is 0 Å². The van der Waals surface area contributed by atoms with Gasteiger partial charge in [-0.1, -0.05) is 47.2 Å². The van der Waals surface area contributed by atoms with Gasteiger partial charge in [-0.05, 0) is 42.0 Å². The Balaban J connectivity index is 1.34. The number of piperazine rings is 1. The van der Waals surface area contributed by atoms with Crippen LogP contribution in [0.3, 0.4) is 0 Å². The van der Waals surface area contributed by atoms with E-state index in [1.165, 1.54) is 21.9 Å². The molecule has 5 aromatic rings. The summed E-state index contributed by atoms with van der Waals surface area (Å²) in [7, 11) is 0. The lowest BCUT2D eigenvalue weighted by Gasteiger charge is -2.40. The van der Waals surface area contributed by atoms with E-state index in [2.05, 4.69) is 19.9 Å². The monoisotopic (exact) mass is 509 g/mol. The number of benzene rings is 2. The SMILES string of the molecule is Oc1c([C@H](c2ccc(Cl)cc2)N2CCN(c3ccccc3F)CC2)sc2nc(-c3ccco3)nn12. The second kappa shape index (κ2) is 8.99. The van der Waals surface area contributed by atoms with Gasteiger partial charge in [-0.25, -0.2) is 4.39 Å². The third-order valence-corrected chi connectivity index (χ3v) is 7.57. The van der Waals surface area contributed by atoms with Gasteiger partial charge in [0.1, 0.15) is 5.82 Å². The number of fused-ring (bicyclic) bond motifs is 1. The van der Waals surface area contributed by atoms with Crippen molar-refractivity contribution >= 4 is 33.6 Å². The third kappa shape index (κ3) is 4.05. The number of thiazole rings is 1. The average Bonchev–Trinajstić information content (AvgIpc) is 3.60. The first-order chi connectivity index (χ1) is 17.1. The van der Waals surface area contributed by atoms with E-state index in [1.54, 1.807) is 24.5 Å². The van der Waals surface area contributed by atoms with E-state index >= 15 is 0 Å². The number of halogens is 2. The molecular formula is C25H21ClFN5O2S. The van der Waals surface area contributed by atoms with Crippen LogP contribution in [-0.4, -0.2) is 50.8 Å². The summed E-state index contributed by atoms with van der Waals surface area (Å²) in [5.41, 5.74) is 1.61. The van der Waals surface area contributed by atoms with Gasteiger partial charge in [0.2, 0.25) is 16.7 Å². The zero-order chi connectivity index (χ0) is 23.9. The molecule has 1 aliphatic heterocycles. The molecule has 1 saturated heterocycles. The van der Waals surface area contributed by atoms with Crippen LogP contribution in [0, 0.1) is 5.82 Å². The second-order valence-electron chi connectivity index (χ2n) is 8.33. The Morgan fingerprint density at radius 3 is 2.46 bits per heavy atom. The molecule has 1 N–H and O–H groups in total. The highest BCUT2D eigenvalue weighted by atomic mass is 35.5. The number of hydrogen-bond acceptors (Lipinski definition) is 7. The molecule has 1 fully saturated rings. The lowest BCUT2D eigenvalue weighted by molar-refractivity contribution is 0.210. The van der Waals surface area contributed by atoms with Crippen LogP contribution >= 0.6 is 22.9 Å². The van der Waals surface area contributed by atoms with Gasteiger partial charge in [0.15, 0.2) is 5.76 Å². The Morgan fingerprint density at radius 1 is 1.00 bits per heavy atom. The maximum Gasteiger partial charge on any atom is 0.230 e. The topological polar surface area (TPSA) is 70.0 Å². The summed E-state index contributed by atoms with van der Waals surface area (Å²) in [4.78, 5) is 10.2. The predicted molar refractivity (Wildman–Crippen MR) is 134 cm³/mol. The number of nitrogens with zero attached hydrogens (tertiary/aromatic N) is 5. The van der Waals surface area contributed by atoms with Crippen LogP contribution in [-0.2, 0) is 0 Å². The van der Waals surface area contributed by atoms with Gasteiger partial charge in [0.25, 0.3) is 0 Å². The van der Waals surface area contributed by atoms with Crippen molar-refractivity contribution in [1.29, 1.82) is 0 Å². The molecule has 2 aromatic carbocycles. The van der Waals surface area contributed by atoms with Crippen LogP contribution in [0.15, 0.2) is 71.3 Å². The van der Waals surface area contributed by atoms with Gasteiger partial charge in [-0.15, -0.1) is 5.10 Å². The van der Waals surface area contributed by atoms with E-state index in [0.717, 1.165) is 10.4 Å². The molecule has 0 saturated carbocycles. The van der Waals surface area contributed by atoms with Crippen molar-refractivity contribution in [3.63, 3.8) is 0 Å². The molecule has 0 bridgehead atoms. The minimum absolute atomic E-state index is 0.0480. The van der Waals surface area contributed by atoms with Crippen LogP contribution in [0.5, 0.6) is 5.88 Å². The summed E-state index contributed by atoms with van der Waals surface area (Å²) in [5, 5.41) is 16.3. The number of para-hydroxylation sites is 1. The van der Waals surface area contributed by atoms with Gasteiger partial charge < -0.3 is 14.4 Å². The van der Waals surface area contributed by atoms with Gasteiger partial charge in [0, 0.05) is 31.2 Å². The maximum atomic E-state index is 14.3. The third-order valence-electron chi connectivity index (χ3n) is 6.25. The summed E-state index contributed by atoms with van der Waals surface area (Å²) >= 11 is 7.55. The van der Waals surface area contributed by atoms with Gasteiger partial charge in [-0.2, -0.15) is 9.50 Å². The Morgan fingerprint density at radius 2 is 1.77 bits per heavy atom. The molecule has 7 nitrogen and oxygen atoms in total. The molecule has 0 spiro atoms. The molecule has 178 valence electrons. The summed E-state index contributed by atoms with van der Waals surface area (Å²) < 4.78 is 21.2. The number of aromatic nitrogens is 3. The van der Waals surface area contributed by atoms with Crippen molar-refractivity contribution in [3.05, 3.63) is 88.2 Å². The van der Waals surface area contributed by atoms with Crippen LogP contribution < -0.4 is 4.90 Å². The molecule has 1 aliphatic rings. The smallest absolute Gasteiger partial charge is 0.230 e. The zero-order valence-electron chi connectivity index (χ0n) is 18.5. The van der Waals surface area contributed by atoms with Gasteiger partial charge in [0.05, 0.1) is 22.9 Å². The molecule has 0 unspecified atom stereocenters. The Kier molecular flexibility index (Phi) is 5.68. The lowest BCUT2D eigenvalue weighted by atomic mass is 10.0. The molecule has 6 rings (SSSR count). The molecule has 3 aromatic heterocycles. The molecule has 1 atom stereocenters. The van der Waals surface area contributed by atoms with E-state index in [4.69, 9.17) is 16.0 Å². The standard InChI is InChI=1S/C25H21ClFN5O2S/c26-17-9-7-16(8-10-17)21(31-13-11-30(12-14-31)19-5-2-1-4-18(19)27)22-24(33)32-25(35-22)28-23(29-32)20-6-3-15-34-20/h1-10,15,21,33H,11-14H2/t21-/m0/s1. The quantitative estimate of drug-likeness (QED) is 0.339.